The summed E-state index contributed by atoms with van der Waals surface area (Å²) in [5.74, 6) is 2.33. The van der Waals surface area contributed by atoms with Crippen LogP contribution in [0.4, 0.5) is 5.69 Å². The molecule has 1 heterocycles. The number of hydrogen-bond acceptors (Lipinski definition) is 5. The Balaban J connectivity index is 0.00000261. The molecule has 0 spiro atoms. The van der Waals surface area contributed by atoms with Crippen LogP contribution >= 0.6 is 24.0 Å². The van der Waals surface area contributed by atoms with E-state index in [2.05, 4.69) is 25.5 Å². The molecule has 0 saturated heterocycles. The fourth-order valence-electron chi connectivity index (χ4n) is 2.43. The van der Waals surface area contributed by atoms with Crippen LogP contribution in [0, 0.1) is 0 Å². The maximum absolute atomic E-state index is 6.02. The minimum atomic E-state index is 0. The van der Waals surface area contributed by atoms with Crippen molar-refractivity contribution in [2.45, 2.75) is 6.54 Å². The van der Waals surface area contributed by atoms with E-state index in [0.29, 0.717) is 29.6 Å². The second-order valence-electron chi connectivity index (χ2n) is 5.43. The number of ether oxygens (including phenoxy) is 2. The number of aliphatic imine (C=N–C) groups is 1. The van der Waals surface area contributed by atoms with Crippen molar-refractivity contribution in [3.8, 4) is 22.9 Å². The van der Waals surface area contributed by atoms with E-state index in [0.717, 1.165) is 11.1 Å². The van der Waals surface area contributed by atoms with Crippen LogP contribution in [0.2, 0.25) is 0 Å². The molecule has 8 nitrogen and oxygen atoms in total. The molecule has 0 bridgehead atoms. The van der Waals surface area contributed by atoms with Crippen LogP contribution in [0.25, 0.3) is 11.4 Å². The second kappa shape index (κ2) is 9.76. The van der Waals surface area contributed by atoms with E-state index in [-0.39, 0.29) is 29.9 Å². The van der Waals surface area contributed by atoms with Gasteiger partial charge in [0, 0.05) is 11.6 Å². The molecule has 0 fully saturated rings. The molecule has 9 heteroatoms. The highest BCUT2D eigenvalue weighted by molar-refractivity contribution is 14.0. The van der Waals surface area contributed by atoms with Gasteiger partial charge in [0.2, 0.25) is 0 Å². The molecule has 0 saturated carbocycles. The molecule has 142 valence electrons. The molecule has 27 heavy (non-hydrogen) atoms. The third-order valence-electron chi connectivity index (χ3n) is 3.72. The molecular formula is C18H21IN6O2. The zero-order chi connectivity index (χ0) is 18.4. The molecule has 0 atom stereocenters. The molecule has 0 unspecified atom stereocenters. The first-order valence-electron chi connectivity index (χ1n) is 7.93. The Labute approximate surface area is 174 Å². The van der Waals surface area contributed by atoms with Gasteiger partial charge in [0.05, 0.1) is 26.5 Å². The van der Waals surface area contributed by atoms with E-state index in [9.17, 15) is 0 Å². The molecular weight excluding hydrogens is 459 g/mol. The number of halogens is 1. The van der Waals surface area contributed by atoms with Crippen LogP contribution in [-0.2, 0) is 6.54 Å². The largest absolute Gasteiger partial charge is 0.497 e. The summed E-state index contributed by atoms with van der Waals surface area (Å²) < 4.78 is 10.5. The molecule has 0 aliphatic carbocycles. The SMILES string of the molecule is COc1ccc(OC)c(NC(N)=NCc2cccc(-c3ncn[nH]3)c2)c1.I. The minimum absolute atomic E-state index is 0. The lowest BCUT2D eigenvalue weighted by molar-refractivity contribution is 0.405. The summed E-state index contributed by atoms with van der Waals surface area (Å²) in [6.45, 7) is 0.424. The number of H-pyrrole nitrogens is 1. The van der Waals surface area contributed by atoms with Gasteiger partial charge in [-0.1, -0.05) is 18.2 Å². The average molecular weight is 480 g/mol. The number of anilines is 1. The molecule has 0 amide bonds. The van der Waals surface area contributed by atoms with E-state index < -0.39 is 0 Å². The van der Waals surface area contributed by atoms with Gasteiger partial charge in [-0.3, -0.25) is 5.10 Å². The van der Waals surface area contributed by atoms with E-state index in [4.69, 9.17) is 15.2 Å². The number of methoxy groups -OCH3 is 2. The predicted molar refractivity (Wildman–Crippen MR) is 116 cm³/mol. The molecule has 1 aromatic heterocycles. The molecule has 0 radical (unpaired) electrons. The quantitative estimate of drug-likeness (QED) is 0.284. The molecule has 3 aromatic rings. The second-order valence-corrected chi connectivity index (χ2v) is 5.43. The summed E-state index contributed by atoms with van der Waals surface area (Å²) in [6, 6.07) is 13.3. The molecule has 4 N–H and O–H groups in total. The van der Waals surface area contributed by atoms with Gasteiger partial charge in [-0.2, -0.15) is 5.10 Å². The zero-order valence-corrected chi connectivity index (χ0v) is 17.3. The number of nitrogens with two attached hydrogens (primary N) is 1. The standard InChI is InChI=1S/C18H20N6O2.HI/c1-25-14-6-7-16(26-2)15(9-14)23-18(19)20-10-12-4-3-5-13(8-12)17-21-11-22-24-17;/h3-9,11H,10H2,1-2H3,(H3,19,20,23)(H,21,22,24);1H. The van der Waals surface area contributed by atoms with E-state index in [1.807, 2.05) is 30.3 Å². The number of nitrogens with zero attached hydrogens (tertiary/aromatic N) is 3. The van der Waals surface area contributed by atoms with Crippen molar-refractivity contribution in [1.82, 2.24) is 15.2 Å². The first-order chi connectivity index (χ1) is 12.7. The van der Waals surface area contributed by atoms with Gasteiger partial charge in [-0.25, -0.2) is 9.98 Å². The van der Waals surface area contributed by atoms with Gasteiger partial charge >= 0.3 is 0 Å². The monoisotopic (exact) mass is 480 g/mol. The highest BCUT2D eigenvalue weighted by Crippen LogP contribution is 2.28. The number of aromatic amines is 1. The van der Waals surface area contributed by atoms with Crippen molar-refractivity contribution in [2.75, 3.05) is 19.5 Å². The van der Waals surface area contributed by atoms with Gasteiger partial charge in [0.15, 0.2) is 11.8 Å². The number of rotatable bonds is 6. The number of nitrogens with one attached hydrogen (secondary N) is 2. The smallest absolute Gasteiger partial charge is 0.193 e. The number of guanidine groups is 1. The Bertz CT molecular complexity index is 899. The summed E-state index contributed by atoms with van der Waals surface area (Å²) >= 11 is 0. The Morgan fingerprint density at radius 2 is 2.04 bits per heavy atom. The summed E-state index contributed by atoms with van der Waals surface area (Å²) in [6.07, 6.45) is 1.48. The van der Waals surface area contributed by atoms with Crippen molar-refractivity contribution >= 4 is 35.6 Å². The number of aromatic nitrogens is 3. The Morgan fingerprint density at radius 1 is 1.19 bits per heavy atom. The zero-order valence-electron chi connectivity index (χ0n) is 15.0. The van der Waals surface area contributed by atoms with Crippen LogP contribution in [0.15, 0.2) is 53.8 Å². The highest BCUT2D eigenvalue weighted by Gasteiger charge is 2.06. The van der Waals surface area contributed by atoms with Crippen LogP contribution in [-0.4, -0.2) is 35.4 Å². The first kappa shape index (κ1) is 20.5. The summed E-state index contributed by atoms with van der Waals surface area (Å²) in [7, 11) is 3.19. The Hall–Kier alpha value is -2.82. The van der Waals surface area contributed by atoms with E-state index >= 15 is 0 Å². The Morgan fingerprint density at radius 3 is 2.74 bits per heavy atom. The van der Waals surface area contributed by atoms with Crippen LogP contribution in [0.1, 0.15) is 5.56 Å². The third-order valence-corrected chi connectivity index (χ3v) is 3.72. The maximum atomic E-state index is 6.02. The summed E-state index contributed by atoms with van der Waals surface area (Å²) in [5, 5.41) is 9.75. The van der Waals surface area contributed by atoms with Crippen molar-refractivity contribution in [3.63, 3.8) is 0 Å². The van der Waals surface area contributed by atoms with Crippen molar-refractivity contribution in [2.24, 2.45) is 10.7 Å². The van der Waals surface area contributed by atoms with E-state index in [1.165, 1.54) is 6.33 Å². The molecule has 3 rings (SSSR count). The van der Waals surface area contributed by atoms with Gasteiger partial charge in [-0.15, -0.1) is 24.0 Å². The number of hydrogen-bond donors (Lipinski definition) is 3. The van der Waals surface area contributed by atoms with Crippen LogP contribution < -0.4 is 20.5 Å². The van der Waals surface area contributed by atoms with Crippen molar-refractivity contribution in [3.05, 3.63) is 54.4 Å². The summed E-state index contributed by atoms with van der Waals surface area (Å²) in [5.41, 5.74) is 8.64. The third kappa shape index (κ3) is 5.33. The molecule has 0 aliphatic heterocycles. The normalized spacial score (nSPS) is 10.8. The Kier molecular flexibility index (Phi) is 7.41. The fraction of sp³-hybridized carbons (Fsp3) is 0.167. The summed E-state index contributed by atoms with van der Waals surface area (Å²) in [4.78, 5) is 8.53. The highest BCUT2D eigenvalue weighted by atomic mass is 127. The lowest BCUT2D eigenvalue weighted by atomic mass is 10.1. The average Bonchev–Trinajstić information content (AvgIpc) is 3.21. The van der Waals surface area contributed by atoms with Gasteiger partial charge in [-0.05, 0) is 23.8 Å². The van der Waals surface area contributed by atoms with Crippen molar-refractivity contribution in [1.29, 1.82) is 0 Å². The lowest BCUT2D eigenvalue weighted by Gasteiger charge is -2.12. The van der Waals surface area contributed by atoms with Crippen LogP contribution in [0.3, 0.4) is 0 Å². The first-order valence-corrected chi connectivity index (χ1v) is 7.93. The molecule has 0 aliphatic rings. The topological polar surface area (TPSA) is 110 Å². The number of benzene rings is 2. The van der Waals surface area contributed by atoms with Gasteiger partial charge in [0.25, 0.3) is 0 Å². The maximum Gasteiger partial charge on any atom is 0.193 e. The van der Waals surface area contributed by atoms with E-state index in [1.54, 1.807) is 26.4 Å². The fourth-order valence-corrected chi connectivity index (χ4v) is 2.43. The lowest BCUT2D eigenvalue weighted by Crippen LogP contribution is -2.23. The van der Waals surface area contributed by atoms with Gasteiger partial charge < -0.3 is 20.5 Å². The molecule has 2 aromatic carbocycles. The van der Waals surface area contributed by atoms with Crippen LogP contribution in [0.5, 0.6) is 11.5 Å². The van der Waals surface area contributed by atoms with Gasteiger partial charge in [0.1, 0.15) is 17.8 Å². The van der Waals surface area contributed by atoms with Crippen molar-refractivity contribution < 1.29 is 9.47 Å². The predicted octanol–water partition coefficient (Wildman–Crippen LogP) is 3.03. The minimum Gasteiger partial charge on any atom is -0.497 e.